The third-order valence-corrected chi connectivity index (χ3v) is 5.28. The quantitative estimate of drug-likeness (QED) is 0.797. The molecule has 0 unspecified atom stereocenters. The van der Waals surface area contributed by atoms with Gasteiger partial charge < -0.3 is 5.32 Å². The van der Waals surface area contributed by atoms with Crippen molar-refractivity contribution in [3.05, 3.63) is 30.1 Å². The average Bonchev–Trinajstić information content (AvgIpc) is 2.35. The molecule has 2 heterocycles. The Hall–Kier alpha value is -0.980. The Morgan fingerprint density at radius 3 is 2.58 bits per heavy atom. The van der Waals surface area contributed by atoms with Gasteiger partial charge in [-0.1, -0.05) is 6.92 Å². The van der Waals surface area contributed by atoms with Crippen LogP contribution in [-0.4, -0.2) is 49.1 Å². The third-order valence-electron chi connectivity index (χ3n) is 3.37. The SMILES string of the molecule is CCCN(C1CNC1)S(=O)(=O)CCc1ccncc1. The largest absolute Gasteiger partial charge is 0.313 e. The Bertz CT molecular complexity index is 486. The van der Waals surface area contributed by atoms with E-state index in [4.69, 9.17) is 0 Å². The first kappa shape index (κ1) is 14.4. The molecule has 0 aliphatic carbocycles. The number of rotatable bonds is 7. The molecular formula is C13H21N3O2S. The lowest BCUT2D eigenvalue weighted by Gasteiger charge is -2.37. The van der Waals surface area contributed by atoms with Crippen LogP contribution in [0, 0.1) is 0 Å². The van der Waals surface area contributed by atoms with Gasteiger partial charge in [-0.25, -0.2) is 8.42 Å². The maximum absolute atomic E-state index is 12.4. The predicted octanol–water partition coefficient (Wildman–Crippen LogP) is 0.638. The molecule has 1 aromatic rings. The van der Waals surface area contributed by atoms with Crippen molar-refractivity contribution in [3.63, 3.8) is 0 Å². The molecule has 6 heteroatoms. The highest BCUT2D eigenvalue weighted by molar-refractivity contribution is 7.89. The first-order chi connectivity index (χ1) is 9.13. The Morgan fingerprint density at radius 2 is 2.05 bits per heavy atom. The summed E-state index contributed by atoms with van der Waals surface area (Å²) in [6.07, 6.45) is 4.79. The molecule has 1 saturated heterocycles. The van der Waals surface area contributed by atoms with Crippen LogP contribution in [0.4, 0.5) is 0 Å². The molecule has 0 saturated carbocycles. The van der Waals surface area contributed by atoms with E-state index in [1.165, 1.54) is 0 Å². The number of sulfonamides is 1. The van der Waals surface area contributed by atoms with E-state index >= 15 is 0 Å². The minimum Gasteiger partial charge on any atom is -0.313 e. The van der Waals surface area contributed by atoms with E-state index in [-0.39, 0.29) is 11.8 Å². The highest BCUT2D eigenvalue weighted by Crippen LogP contribution is 2.14. The Balaban J connectivity index is 1.99. The summed E-state index contributed by atoms with van der Waals surface area (Å²) in [6, 6.07) is 3.87. The van der Waals surface area contributed by atoms with Gasteiger partial charge in [-0.15, -0.1) is 0 Å². The van der Waals surface area contributed by atoms with Gasteiger partial charge in [-0.05, 0) is 30.5 Å². The molecule has 0 atom stereocenters. The Morgan fingerprint density at radius 1 is 1.37 bits per heavy atom. The molecule has 1 fully saturated rings. The Labute approximate surface area is 115 Å². The van der Waals surface area contributed by atoms with Crippen molar-refractivity contribution in [3.8, 4) is 0 Å². The monoisotopic (exact) mass is 283 g/mol. The van der Waals surface area contributed by atoms with Gasteiger partial charge in [0, 0.05) is 38.1 Å². The molecular weight excluding hydrogens is 262 g/mol. The molecule has 2 rings (SSSR count). The number of nitrogens with zero attached hydrogens (tertiary/aromatic N) is 2. The van der Waals surface area contributed by atoms with Gasteiger partial charge in [-0.2, -0.15) is 4.31 Å². The zero-order chi connectivity index (χ0) is 13.7. The van der Waals surface area contributed by atoms with E-state index in [0.717, 1.165) is 25.1 Å². The van der Waals surface area contributed by atoms with Crippen molar-refractivity contribution in [2.45, 2.75) is 25.8 Å². The van der Waals surface area contributed by atoms with E-state index in [2.05, 4.69) is 10.3 Å². The molecule has 5 nitrogen and oxygen atoms in total. The van der Waals surface area contributed by atoms with Crippen LogP contribution >= 0.6 is 0 Å². The minimum absolute atomic E-state index is 0.141. The maximum Gasteiger partial charge on any atom is 0.214 e. The van der Waals surface area contributed by atoms with Crippen LogP contribution in [-0.2, 0) is 16.4 Å². The fourth-order valence-electron chi connectivity index (χ4n) is 2.16. The summed E-state index contributed by atoms with van der Waals surface area (Å²) in [5, 5.41) is 3.13. The van der Waals surface area contributed by atoms with Gasteiger partial charge >= 0.3 is 0 Å². The van der Waals surface area contributed by atoms with E-state index < -0.39 is 10.0 Å². The molecule has 106 valence electrons. The van der Waals surface area contributed by atoms with Gasteiger partial charge in [0.2, 0.25) is 10.0 Å². The number of aromatic nitrogens is 1. The first-order valence-electron chi connectivity index (χ1n) is 6.72. The fourth-order valence-corrected chi connectivity index (χ4v) is 3.95. The molecule has 1 aliphatic heterocycles. The van der Waals surface area contributed by atoms with E-state index in [1.54, 1.807) is 16.7 Å². The number of hydrogen-bond acceptors (Lipinski definition) is 4. The zero-order valence-corrected chi connectivity index (χ0v) is 12.1. The lowest BCUT2D eigenvalue weighted by molar-refractivity contribution is 0.242. The van der Waals surface area contributed by atoms with Gasteiger partial charge in [0.1, 0.15) is 0 Å². The van der Waals surface area contributed by atoms with Crippen LogP contribution in [0.25, 0.3) is 0 Å². The van der Waals surface area contributed by atoms with Crippen LogP contribution in [0.5, 0.6) is 0 Å². The molecule has 1 aliphatic rings. The van der Waals surface area contributed by atoms with Crippen LogP contribution in [0.3, 0.4) is 0 Å². The number of pyridine rings is 1. The normalized spacial score (nSPS) is 16.5. The smallest absolute Gasteiger partial charge is 0.214 e. The van der Waals surface area contributed by atoms with Crippen molar-refractivity contribution >= 4 is 10.0 Å². The van der Waals surface area contributed by atoms with Crippen LogP contribution < -0.4 is 5.32 Å². The summed E-state index contributed by atoms with van der Waals surface area (Å²) in [7, 11) is -3.17. The standard InChI is InChI=1S/C13H21N3O2S/c1-2-8-16(13-10-15-11-13)19(17,18)9-5-12-3-6-14-7-4-12/h3-4,6-7,13,15H,2,5,8-11H2,1H3. The maximum atomic E-state index is 12.4. The molecule has 0 spiro atoms. The second-order valence-electron chi connectivity index (χ2n) is 4.84. The van der Waals surface area contributed by atoms with Gasteiger partial charge in [-0.3, -0.25) is 4.98 Å². The van der Waals surface area contributed by atoms with Crippen LogP contribution in [0.2, 0.25) is 0 Å². The van der Waals surface area contributed by atoms with Crippen molar-refractivity contribution in [2.75, 3.05) is 25.4 Å². The topological polar surface area (TPSA) is 62.3 Å². The minimum atomic E-state index is -3.17. The summed E-state index contributed by atoms with van der Waals surface area (Å²) in [5.74, 6) is 0.174. The highest BCUT2D eigenvalue weighted by atomic mass is 32.2. The lowest BCUT2D eigenvalue weighted by Crippen LogP contribution is -2.59. The second kappa shape index (κ2) is 6.45. The van der Waals surface area contributed by atoms with Gasteiger partial charge in [0.05, 0.1) is 5.75 Å². The van der Waals surface area contributed by atoms with Crippen molar-refractivity contribution in [1.82, 2.24) is 14.6 Å². The van der Waals surface area contributed by atoms with Crippen LogP contribution in [0.1, 0.15) is 18.9 Å². The molecule has 1 N–H and O–H groups in total. The average molecular weight is 283 g/mol. The summed E-state index contributed by atoms with van der Waals surface area (Å²) in [6.45, 7) is 4.17. The van der Waals surface area contributed by atoms with Crippen molar-refractivity contribution in [1.29, 1.82) is 0 Å². The van der Waals surface area contributed by atoms with Crippen molar-refractivity contribution < 1.29 is 8.42 Å². The zero-order valence-electron chi connectivity index (χ0n) is 11.2. The molecule has 0 radical (unpaired) electrons. The van der Waals surface area contributed by atoms with E-state index in [1.807, 2.05) is 19.1 Å². The molecule has 19 heavy (non-hydrogen) atoms. The van der Waals surface area contributed by atoms with Crippen LogP contribution in [0.15, 0.2) is 24.5 Å². The number of nitrogens with one attached hydrogen (secondary N) is 1. The van der Waals surface area contributed by atoms with Gasteiger partial charge in [0.15, 0.2) is 0 Å². The molecule has 1 aromatic heterocycles. The predicted molar refractivity (Wildman–Crippen MR) is 75.4 cm³/mol. The third kappa shape index (κ3) is 3.75. The second-order valence-corrected chi connectivity index (χ2v) is 6.89. The number of aryl methyl sites for hydroxylation is 1. The lowest BCUT2D eigenvalue weighted by atomic mass is 10.2. The van der Waals surface area contributed by atoms with E-state index in [0.29, 0.717) is 13.0 Å². The molecule has 0 bridgehead atoms. The fraction of sp³-hybridized carbons (Fsp3) is 0.615. The number of hydrogen-bond donors (Lipinski definition) is 1. The first-order valence-corrected chi connectivity index (χ1v) is 8.33. The Kier molecular flexibility index (Phi) is 4.90. The van der Waals surface area contributed by atoms with Crippen molar-refractivity contribution in [2.24, 2.45) is 0 Å². The van der Waals surface area contributed by atoms with E-state index in [9.17, 15) is 8.42 Å². The molecule has 0 amide bonds. The molecule has 0 aromatic carbocycles. The summed E-state index contributed by atoms with van der Waals surface area (Å²) in [4.78, 5) is 3.94. The highest BCUT2D eigenvalue weighted by Gasteiger charge is 2.32. The van der Waals surface area contributed by atoms with Gasteiger partial charge in [0.25, 0.3) is 0 Å². The summed E-state index contributed by atoms with van der Waals surface area (Å²) < 4.78 is 26.5. The summed E-state index contributed by atoms with van der Waals surface area (Å²) in [5.41, 5.74) is 1.02. The summed E-state index contributed by atoms with van der Waals surface area (Å²) >= 11 is 0.